The third-order valence-electron chi connectivity index (χ3n) is 3.42. The van der Waals surface area contributed by atoms with Crippen LogP contribution in [0.25, 0.3) is 0 Å². The van der Waals surface area contributed by atoms with E-state index >= 15 is 0 Å². The first-order chi connectivity index (χ1) is 9.55. The van der Waals surface area contributed by atoms with Gasteiger partial charge in [0.2, 0.25) is 10.0 Å². The van der Waals surface area contributed by atoms with Crippen molar-refractivity contribution in [1.82, 2.24) is 14.6 Å². The molecule has 20 heavy (non-hydrogen) atoms. The number of ether oxygens (including phenoxy) is 1. The van der Waals surface area contributed by atoms with Gasteiger partial charge in [0, 0.05) is 31.9 Å². The van der Waals surface area contributed by atoms with Crippen LogP contribution < -0.4 is 9.46 Å². The standard InChI is InChI=1S/C13H21N3O3S/c1-3-15-20(17,18)13-5-7-16(10-13)9-11-8-12(19-2)4-6-14-11/h4,6,8,13,15H,3,5,7,9-10H2,1-2H3. The Balaban J connectivity index is 1.96. The molecule has 2 heterocycles. The highest BCUT2D eigenvalue weighted by Gasteiger charge is 2.32. The SMILES string of the molecule is CCNS(=O)(=O)C1CCN(Cc2cc(OC)ccn2)C1. The minimum Gasteiger partial charge on any atom is -0.497 e. The number of hydrogen-bond acceptors (Lipinski definition) is 5. The first-order valence-electron chi connectivity index (χ1n) is 6.75. The van der Waals surface area contributed by atoms with Gasteiger partial charge >= 0.3 is 0 Å². The number of likely N-dealkylation sites (tertiary alicyclic amines) is 1. The smallest absolute Gasteiger partial charge is 0.215 e. The summed E-state index contributed by atoms with van der Waals surface area (Å²) in [5, 5.41) is -0.326. The lowest BCUT2D eigenvalue weighted by molar-refractivity contribution is 0.325. The molecule has 0 radical (unpaired) electrons. The summed E-state index contributed by atoms with van der Waals surface area (Å²) in [5.41, 5.74) is 0.894. The number of nitrogens with zero attached hydrogens (tertiary/aromatic N) is 2. The summed E-state index contributed by atoms with van der Waals surface area (Å²) in [5.74, 6) is 0.769. The largest absolute Gasteiger partial charge is 0.497 e. The van der Waals surface area contributed by atoms with Crippen molar-refractivity contribution in [3.05, 3.63) is 24.0 Å². The van der Waals surface area contributed by atoms with E-state index in [9.17, 15) is 8.42 Å². The molecule has 1 atom stereocenters. The zero-order valence-corrected chi connectivity index (χ0v) is 12.7. The second-order valence-electron chi connectivity index (χ2n) is 4.88. The summed E-state index contributed by atoms with van der Waals surface area (Å²) in [6, 6.07) is 3.68. The van der Waals surface area contributed by atoms with Gasteiger partial charge in [0.05, 0.1) is 18.1 Å². The summed E-state index contributed by atoms with van der Waals surface area (Å²) < 4.78 is 31.7. The van der Waals surface area contributed by atoms with Gasteiger partial charge in [-0.2, -0.15) is 0 Å². The molecule has 1 aliphatic heterocycles. The molecule has 1 unspecified atom stereocenters. The number of rotatable bonds is 6. The molecule has 1 N–H and O–H groups in total. The van der Waals surface area contributed by atoms with Crippen molar-refractivity contribution >= 4 is 10.0 Å². The number of nitrogens with one attached hydrogen (secondary N) is 1. The van der Waals surface area contributed by atoms with Gasteiger partial charge in [-0.3, -0.25) is 9.88 Å². The molecule has 0 saturated carbocycles. The Morgan fingerprint density at radius 1 is 1.55 bits per heavy atom. The molecular formula is C13H21N3O3S. The molecule has 0 bridgehead atoms. The van der Waals surface area contributed by atoms with Crippen LogP contribution in [0.2, 0.25) is 0 Å². The molecule has 112 valence electrons. The quantitative estimate of drug-likeness (QED) is 0.833. The van der Waals surface area contributed by atoms with Crippen molar-refractivity contribution in [3.63, 3.8) is 0 Å². The van der Waals surface area contributed by atoms with Crippen LogP contribution in [0.4, 0.5) is 0 Å². The van der Waals surface area contributed by atoms with Crippen molar-refractivity contribution in [2.45, 2.75) is 25.1 Å². The first kappa shape index (κ1) is 15.2. The Morgan fingerprint density at radius 2 is 2.35 bits per heavy atom. The summed E-state index contributed by atoms with van der Waals surface area (Å²) in [4.78, 5) is 6.40. The second-order valence-corrected chi connectivity index (χ2v) is 6.92. The van der Waals surface area contributed by atoms with E-state index in [-0.39, 0.29) is 5.25 Å². The molecule has 0 amide bonds. The minimum absolute atomic E-state index is 0.326. The van der Waals surface area contributed by atoms with Crippen molar-refractivity contribution in [2.75, 3.05) is 26.7 Å². The highest BCUT2D eigenvalue weighted by atomic mass is 32.2. The first-order valence-corrected chi connectivity index (χ1v) is 8.29. The Hall–Kier alpha value is -1.18. The predicted molar refractivity (Wildman–Crippen MR) is 77.1 cm³/mol. The van der Waals surface area contributed by atoms with Gasteiger partial charge in [0.25, 0.3) is 0 Å². The average Bonchev–Trinajstić information content (AvgIpc) is 2.88. The Bertz CT molecular complexity index is 548. The van der Waals surface area contributed by atoms with Gasteiger partial charge in [-0.15, -0.1) is 0 Å². The zero-order valence-electron chi connectivity index (χ0n) is 11.9. The second kappa shape index (κ2) is 6.51. The number of hydrogen-bond donors (Lipinski definition) is 1. The van der Waals surface area contributed by atoms with E-state index in [0.717, 1.165) is 18.0 Å². The molecule has 7 heteroatoms. The van der Waals surface area contributed by atoms with Crippen LogP contribution in [-0.2, 0) is 16.6 Å². The molecule has 6 nitrogen and oxygen atoms in total. The van der Waals surface area contributed by atoms with Crippen LogP contribution in [0.15, 0.2) is 18.3 Å². The lowest BCUT2D eigenvalue weighted by Gasteiger charge is -2.16. The summed E-state index contributed by atoms with van der Waals surface area (Å²) in [6.07, 6.45) is 2.37. The molecular weight excluding hydrogens is 278 g/mol. The number of pyridine rings is 1. The lowest BCUT2D eigenvalue weighted by atomic mass is 10.3. The van der Waals surface area contributed by atoms with Gasteiger partial charge in [-0.25, -0.2) is 13.1 Å². The Morgan fingerprint density at radius 3 is 3.05 bits per heavy atom. The Kier molecular flexibility index (Phi) is 4.95. The van der Waals surface area contributed by atoms with Gasteiger partial charge in [-0.05, 0) is 19.0 Å². The van der Waals surface area contributed by atoms with Crippen molar-refractivity contribution in [2.24, 2.45) is 0 Å². The van der Waals surface area contributed by atoms with Crippen molar-refractivity contribution < 1.29 is 13.2 Å². The molecule has 1 aliphatic rings. The summed E-state index contributed by atoms with van der Waals surface area (Å²) in [6.45, 7) is 4.21. The van der Waals surface area contributed by atoms with E-state index < -0.39 is 10.0 Å². The average molecular weight is 299 g/mol. The molecule has 1 aromatic rings. The maximum atomic E-state index is 12.0. The van der Waals surface area contributed by atoms with Gasteiger partial charge in [0.15, 0.2) is 0 Å². The zero-order chi connectivity index (χ0) is 14.6. The van der Waals surface area contributed by atoms with E-state index in [4.69, 9.17) is 4.74 Å². The monoisotopic (exact) mass is 299 g/mol. The van der Waals surface area contributed by atoms with Crippen molar-refractivity contribution in [1.29, 1.82) is 0 Å². The molecule has 1 saturated heterocycles. The number of sulfonamides is 1. The van der Waals surface area contributed by atoms with Crippen molar-refractivity contribution in [3.8, 4) is 5.75 Å². The van der Waals surface area contributed by atoms with E-state index in [2.05, 4.69) is 14.6 Å². The van der Waals surface area contributed by atoms with E-state index in [1.165, 1.54) is 0 Å². The topological polar surface area (TPSA) is 71.5 Å². The van der Waals surface area contributed by atoms with Crippen LogP contribution in [0, 0.1) is 0 Å². The van der Waals surface area contributed by atoms with Crippen LogP contribution in [0.5, 0.6) is 5.75 Å². The van der Waals surface area contributed by atoms with E-state index in [0.29, 0.717) is 26.1 Å². The third kappa shape index (κ3) is 3.68. The fraction of sp³-hybridized carbons (Fsp3) is 0.615. The van der Waals surface area contributed by atoms with Gasteiger partial charge < -0.3 is 4.74 Å². The predicted octanol–water partition coefficient (Wildman–Crippen LogP) is 0.604. The highest BCUT2D eigenvalue weighted by molar-refractivity contribution is 7.90. The fourth-order valence-electron chi connectivity index (χ4n) is 2.41. The lowest BCUT2D eigenvalue weighted by Crippen LogP contribution is -2.36. The normalized spacial score (nSPS) is 20.2. The maximum absolute atomic E-state index is 12.0. The summed E-state index contributed by atoms with van der Waals surface area (Å²) in [7, 11) is -1.57. The third-order valence-corrected chi connectivity index (χ3v) is 5.38. The van der Waals surface area contributed by atoms with Gasteiger partial charge in [-0.1, -0.05) is 6.92 Å². The van der Waals surface area contributed by atoms with Crippen LogP contribution in [0.1, 0.15) is 19.0 Å². The fourth-order valence-corrected chi connectivity index (χ4v) is 3.87. The highest BCUT2D eigenvalue weighted by Crippen LogP contribution is 2.19. The summed E-state index contributed by atoms with van der Waals surface area (Å²) >= 11 is 0. The molecule has 0 aromatic carbocycles. The van der Waals surface area contributed by atoms with Crippen LogP contribution in [0.3, 0.4) is 0 Å². The minimum atomic E-state index is -3.18. The molecule has 2 rings (SSSR count). The number of aromatic nitrogens is 1. The molecule has 0 aliphatic carbocycles. The maximum Gasteiger partial charge on any atom is 0.215 e. The number of methoxy groups -OCH3 is 1. The molecule has 1 fully saturated rings. The van der Waals surface area contributed by atoms with E-state index in [1.807, 2.05) is 6.07 Å². The van der Waals surface area contributed by atoms with Crippen LogP contribution in [-0.4, -0.2) is 50.3 Å². The Labute approximate surface area is 120 Å². The molecule has 0 spiro atoms. The van der Waals surface area contributed by atoms with Gasteiger partial charge in [0.1, 0.15) is 5.75 Å². The van der Waals surface area contributed by atoms with Crippen LogP contribution >= 0.6 is 0 Å². The molecule has 1 aromatic heterocycles. The van der Waals surface area contributed by atoms with E-state index in [1.54, 1.807) is 26.3 Å².